The quantitative estimate of drug-likeness (QED) is 0.481. The lowest BCUT2D eigenvalue weighted by atomic mass is 10.0. The van der Waals surface area contributed by atoms with Crippen molar-refractivity contribution in [2.75, 3.05) is 0 Å². The van der Waals surface area contributed by atoms with Crippen LogP contribution in [0.4, 0.5) is 5.69 Å². The normalized spacial score (nSPS) is 14.4. The molecule has 0 heterocycles. The van der Waals surface area contributed by atoms with E-state index in [2.05, 4.69) is 22.7 Å². The molecule has 1 amide bonds. The highest BCUT2D eigenvalue weighted by molar-refractivity contribution is 5.99. The van der Waals surface area contributed by atoms with E-state index in [0.717, 1.165) is 18.4 Å². The third kappa shape index (κ3) is 4.49. The van der Waals surface area contributed by atoms with Crippen molar-refractivity contribution >= 4 is 17.3 Å². The Balaban J connectivity index is 1.61. The highest BCUT2D eigenvalue weighted by atomic mass is 16.6. The molecule has 7 nitrogen and oxygen atoms in total. The second-order valence-corrected chi connectivity index (χ2v) is 6.52. The number of nitrogens with one attached hydrogen (secondary N) is 1. The number of hydrazone groups is 1. The number of nitrogens with zero attached hydrogens (tertiary/aromatic N) is 2. The smallest absolute Gasteiger partial charge is 0.280 e. The number of non-ortho nitro benzene ring substituents is 1. The summed E-state index contributed by atoms with van der Waals surface area (Å²) in [4.78, 5) is 22.5. The number of fused-ring (bicyclic) bond motifs is 1. The van der Waals surface area contributed by atoms with Gasteiger partial charge in [-0.15, -0.1) is 0 Å². The molecule has 7 heteroatoms. The van der Waals surface area contributed by atoms with Crippen LogP contribution in [0.25, 0.3) is 0 Å². The van der Waals surface area contributed by atoms with Crippen LogP contribution in [0.2, 0.25) is 0 Å². The predicted molar refractivity (Wildman–Crippen MR) is 102 cm³/mol. The summed E-state index contributed by atoms with van der Waals surface area (Å²) >= 11 is 0. The van der Waals surface area contributed by atoms with Crippen LogP contribution < -0.4 is 10.2 Å². The zero-order chi connectivity index (χ0) is 19.4. The average molecular weight is 367 g/mol. The van der Waals surface area contributed by atoms with Crippen LogP contribution in [0.1, 0.15) is 37.0 Å². The number of benzene rings is 2. The number of ether oxygens (including phenoxy) is 1. The van der Waals surface area contributed by atoms with E-state index >= 15 is 0 Å². The monoisotopic (exact) mass is 367 g/mol. The third-order valence-electron chi connectivity index (χ3n) is 4.56. The fourth-order valence-electron chi connectivity index (χ4n) is 3.02. The van der Waals surface area contributed by atoms with Gasteiger partial charge in [-0.1, -0.05) is 18.2 Å². The molecule has 0 fully saturated rings. The Labute approximate surface area is 157 Å². The van der Waals surface area contributed by atoms with E-state index in [1.54, 1.807) is 13.0 Å². The van der Waals surface area contributed by atoms with Gasteiger partial charge < -0.3 is 4.74 Å². The third-order valence-corrected chi connectivity index (χ3v) is 4.56. The van der Waals surface area contributed by atoms with Crippen LogP contribution in [0.3, 0.4) is 0 Å². The number of rotatable bonds is 6. The van der Waals surface area contributed by atoms with Crippen LogP contribution in [-0.4, -0.2) is 22.6 Å². The first-order valence-corrected chi connectivity index (χ1v) is 8.81. The molecule has 0 bridgehead atoms. The summed E-state index contributed by atoms with van der Waals surface area (Å²) in [6.45, 7) is 3.40. The van der Waals surface area contributed by atoms with Crippen molar-refractivity contribution in [1.82, 2.24) is 5.43 Å². The van der Waals surface area contributed by atoms with E-state index in [1.165, 1.54) is 35.7 Å². The first-order valence-electron chi connectivity index (χ1n) is 8.81. The molecule has 0 unspecified atom stereocenters. The lowest BCUT2D eigenvalue weighted by molar-refractivity contribution is -0.384. The maximum absolute atomic E-state index is 12.2. The Hall–Kier alpha value is -3.22. The van der Waals surface area contributed by atoms with Crippen molar-refractivity contribution in [3.63, 3.8) is 0 Å². The minimum absolute atomic E-state index is 0.0921. The maximum atomic E-state index is 12.2. The minimum Gasteiger partial charge on any atom is -0.481 e. The first kappa shape index (κ1) is 18.6. The van der Waals surface area contributed by atoms with Gasteiger partial charge in [0.2, 0.25) is 0 Å². The van der Waals surface area contributed by atoms with E-state index in [-0.39, 0.29) is 11.4 Å². The van der Waals surface area contributed by atoms with Gasteiger partial charge in [0.25, 0.3) is 11.6 Å². The molecular formula is C20H21N3O4. The van der Waals surface area contributed by atoms with Gasteiger partial charge in [0.1, 0.15) is 5.75 Å². The zero-order valence-corrected chi connectivity index (χ0v) is 15.3. The summed E-state index contributed by atoms with van der Waals surface area (Å²) in [6.07, 6.45) is 2.54. The van der Waals surface area contributed by atoms with Crippen molar-refractivity contribution in [2.24, 2.45) is 5.10 Å². The zero-order valence-electron chi connectivity index (χ0n) is 15.3. The molecule has 1 N–H and O–H groups in total. The van der Waals surface area contributed by atoms with E-state index < -0.39 is 16.9 Å². The molecule has 0 saturated carbocycles. The molecule has 1 aliphatic rings. The topological polar surface area (TPSA) is 93.8 Å². The minimum atomic E-state index is -0.844. The van der Waals surface area contributed by atoms with Crippen molar-refractivity contribution in [2.45, 2.75) is 39.2 Å². The molecule has 2 aromatic carbocycles. The van der Waals surface area contributed by atoms with Gasteiger partial charge in [0.15, 0.2) is 6.10 Å². The summed E-state index contributed by atoms with van der Waals surface area (Å²) in [5.41, 5.74) is 6.82. The number of carbonyl (C=O) groups is 1. The molecule has 3 rings (SSSR count). The Kier molecular flexibility index (Phi) is 5.49. The largest absolute Gasteiger partial charge is 0.481 e. The molecule has 0 saturated heterocycles. The number of nitro benzene ring substituents is 1. The van der Waals surface area contributed by atoms with Gasteiger partial charge in [-0.25, -0.2) is 5.43 Å². The average Bonchev–Trinajstić information content (AvgIpc) is 3.13. The SMILES string of the molecule is CC(=NNC(=O)[C@H](C)Oc1cccc([N+](=O)[O-])c1)c1ccc2c(c1)CCC2. The lowest BCUT2D eigenvalue weighted by Crippen LogP contribution is -2.33. The number of aryl methyl sites for hydroxylation is 2. The van der Waals surface area contributed by atoms with Crippen LogP contribution in [-0.2, 0) is 17.6 Å². The van der Waals surface area contributed by atoms with Crippen molar-refractivity contribution < 1.29 is 14.5 Å². The molecule has 0 spiro atoms. The molecule has 27 heavy (non-hydrogen) atoms. The Morgan fingerprint density at radius 1 is 1.22 bits per heavy atom. The van der Waals surface area contributed by atoms with Gasteiger partial charge in [0.05, 0.1) is 16.7 Å². The molecule has 1 atom stereocenters. The number of hydrogen-bond acceptors (Lipinski definition) is 5. The number of amides is 1. The van der Waals surface area contributed by atoms with Crippen molar-refractivity contribution in [3.8, 4) is 5.75 Å². The van der Waals surface area contributed by atoms with Gasteiger partial charge in [-0.3, -0.25) is 14.9 Å². The predicted octanol–water partition coefficient (Wildman–Crippen LogP) is 3.39. The summed E-state index contributed by atoms with van der Waals surface area (Å²) < 4.78 is 5.48. The molecule has 1 aliphatic carbocycles. The highest BCUT2D eigenvalue weighted by Gasteiger charge is 2.16. The van der Waals surface area contributed by atoms with Crippen LogP contribution in [0, 0.1) is 10.1 Å². The van der Waals surface area contributed by atoms with E-state index in [4.69, 9.17) is 4.74 Å². The van der Waals surface area contributed by atoms with E-state index in [9.17, 15) is 14.9 Å². The lowest BCUT2D eigenvalue weighted by Gasteiger charge is -2.13. The molecule has 0 aromatic heterocycles. The molecule has 0 aliphatic heterocycles. The molecule has 140 valence electrons. The number of hydrogen-bond donors (Lipinski definition) is 1. The van der Waals surface area contributed by atoms with Gasteiger partial charge in [-0.2, -0.15) is 5.10 Å². The standard InChI is InChI=1S/C20H21N3O4/c1-13(16-10-9-15-5-3-6-17(15)11-16)21-22-20(24)14(2)27-19-8-4-7-18(12-19)23(25)26/h4,7-12,14H,3,5-6H2,1-2H3,(H,22,24)/t14-/m0/s1. The Morgan fingerprint density at radius 3 is 2.78 bits per heavy atom. The van der Waals surface area contributed by atoms with E-state index in [0.29, 0.717) is 5.71 Å². The van der Waals surface area contributed by atoms with Crippen LogP contribution >= 0.6 is 0 Å². The summed E-state index contributed by atoms with van der Waals surface area (Å²) in [5.74, 6) is -0.173. The van der Waals surface area contributed by atoms with Gasteiger partial charge in [0, 0.05) is 6.07 Å². The second kappa shape index (κ2) is 7.99. The maximum Gasteiger partial charge on any atom is 0.280 e. The van der Waals surface area contributed by atoms with Crippen LogP contribution in [0.15, 0.2) is 47.6 Å². The first-order chi connectivity index (χ1) is 12.9. The fraction of sp³-hybridized carbons (Fsp3) is 0.300. The van der Waals surface area contributed by atoms with Crippen molar-refractivity contribution in [3.05, 3.63) is 69.3 Å². The van der Waals surface area contributed by atoms with Gasteiger partial charge in [-0.05, 0) is 61.9 Å². The van der Waals surface area contributed by atoms with Crippen molar-refractivity contribution in [1.29, 1.82) is 0 Å². The van der Waals surface area contributed by atoms with Crippen LogP contribution in [0.5, 0.6) is 5.75 Å². The summed E-state index contributed by atoms with van der Waals surface area (Å²) in [5, 5.41) is 15.0. The molecule has 2 aromatic rings. The number of carbonyl (C=O) groups excluding carboxylic acids is 1. The summed E-state index contributed by atoms with van der Waals surface area (Å²) in [7, 11) is 0. The van der Waals surface area contributed by atoms with Gasteiger partial charge >= 0.3 is 0 Å². The van der Waals surface area contributed by atoms with E-state index in [1.807, 2.05) is 13.0 Å². The number of nitro groups is 1. The fourth-order valence-corrected chi connectivity index (χ4v) is 3.02. The molecule has 0 radical (unpaired) electrons. The highest BCUT2D eigenvalue weighted by Crippen LogP contribution is 2.23. The Morgan fingerprint density at radius 2 is 2.00 bits per heavy atom. The second-order valence-electron chi connectivity index (χ2n) is 6.52. The molecular weight excluding hydrogens is 346 g/mol. The summed E-state index contributed by atoms with van der Waals surface area (Å²) in [6, 6.07) is 12.0. The Bertz CT molecular complexity index is 908.